The van der Waals surface area contributed by atoms with E-state index in [9.17, 15) is 4.39 Å². The van der Waals surface area contributed by atoms with Gasteiger partial charge < -0.3 is 11.5 Å². The summed E-state index contributed by atoms with van der Waals surface area (Å²) in [5.74, 6) is -0.148. The van der Waals surface area contributed by atoms with Crippen LogP contribution < -0.4 is 11.5 Å². The number of pyridine rings is 1. The molecule has 0 saturated heterocycles. The smallest absolute Gasteiger partial charge is 0.133 e. The van der Waals surface area contributed by atoms with E-state index in [1.54, 1.807) is 24.5 Å². The number of aromatic nitrogens is 3. The number of nitrogens with zero attached hydrogens (tertiary/aromatic N) is 3. The van der Waals surface area contributed by atoms with Crippen molar-refractivity contribution in [1.29, 1.82) is 0 Å². The van der Waals surface area contributed by atoms with Crippen molar-refractivity contribution in [1.82, 2.24) is 14.8 Å². The molecule has 3 aromatic rings. The van der Waals surface area contributed by atoms with Crippen molar-refractivity contribution in [2.75, 3.05) is 11.5 Å². The van der Waals surface area contributed by atoms with Crippen LogP contribution in [-0.2, 0) is 6.54 Å². The van der Waals surface area contributed by atoms with Crippen molar-refractivity contribution in [2.24, 2.45) is 0 Å². The zero-order valence-corrected chi connectivity index (χ0v) is 12.1. The highest BCUT2D eigenvalue weighted by Crippen LogP contribution is 2.31. The second kappa shape index (κ2) is 5.48. The maximum atomic E-state index is 14.1. The van der Waals surface area contributed by atoms with Crippen LogP contribution in [0, 0.1) is 5.82 Å². The first-order chi connectivity index (χ1) is 10.6. The van der Waals surface area contributed by atoms with Crippen LogP contribution in [0.2, 0.25) is 0 Å². The first-order valence-electron chi connectivity index (χ1n) is 6.92. The first-order valence-corrected chi connectivity index (χ1v) is 6.92. The molecular formula is C16H16FN5. The first kappa shape index (κ1) is 14.1. The Bertz CT molecular complexity index is 825. The van der Waals surface area contributed by atoms with Crippen molar-refractivity contribution < 1.29 is 4.39 Å². The molecule has 0 aliphatic rings. The van der Waals surface area contributed by atoms with Gasteiger partial charge in [0.05, 0.1) is 6.20 Å². The number of anilines is 2. The number of nitrogen functional groups attached to an aromatic ring is 2. The number of aryl methyl sites for hydroxylation is 1. The van der Waals surface area contributed by atoms with Crippen LogP contribution in [0.4, 0.5) is 15.9 Å². The van der Waals surface area contributed by atoms with Crippen molar-refractivity contribution in [2.45, 2.75) is 13.5 Å². The van der Waals surface area contributed by atoms with E-state index in [2.05, 4.69) is 10.1 Å². The van der Waals surface area contributed by atoms with E-state index in [1.807, 2.05) is 23.9 Å². The lowest BCUT2D eigenvalue weighted by Crippen LogP contribution is -1.97. The van der Waals surface area contributed by atoms with Gasteiger partial charge in [-0.2, -0.15) is 5.10 Å². The summed E-state index contributed by atoms with van der Waals surface area (Å²) < 4.78 is 15.9. The third-order valence-electron chi connectivity index (χ3n) is 3.49. The summed E-state index contributed by atoms with van der Waals surface area (Å²) in [4.78, 5) is 4.17. The Hall–Kier alpha value is -2.89. The highest BCUT2D eigenvalue weighted by molar-refractivity contribution is 5.79. The van der Waals surface area contributed by atoms with Gasteiger partial charge in [0, 0.05) is 46.9 Å². The van der Waals surface area contributed by atoms with E-state index in [4.69, 9.17) is 11.5 Å². The van der Waals surface area contributed by atoms with E-state index >= 15 is 0 Å². The molecule has 0 unspecified atom stereocenters. The molecule has 0 spiro atoms. The maximum absolute atomic E-state index is 14.1. The van der Waals surface area contributed by atoms with Gasteiger partial charge in [0.2, 0.25) is 0 Å². The highest BCUT2D eigenvalue weighted by atomic mass is 19.1. The van der Waals surface area contributed by atoms with Gasteiger partial charge >= 0.3 is 0 Å². The number of hydrogen-bond donors (Lipinski definition) is 2. The molecule has 1 aromatic carbocycles. The van der Waals surface area contributed by atoms with Gasteiger partial charge in [-0.25, -0.2) is 9.37 Å². The minimum absolute atomic E-state index is 0.273. The molecule has 0 bridgehead atoms. The minimum Gasteiger partial charge on any atom is -0.399 e. The number of nitrogens with two attached hydrogens (primary N) is 2. The lowest BCUT2D eigenvalue weighted by molar-refractivity contribution is 0.632. The van der Waals surface area contributed by atoms with Crippen molar-refractivity contribution in [3.05, 3.63) is 48.7 Å². The van der Waals surface area contributed by atoms with Gasteiger partial charge in [-0.15, -0.1) is 0 Å². The fourth-order valence-electron chi connectivity index (χ4n) is 2.28. The summed E-state index contributed by atoms with van der Waals surface area (Å²) in [7, 11) is 0. The lowest BCUT2D eigenvalue weighted by Gasteiger charge is -2.09. The minimum atomic E-state index is -0.421. The van der Waals surface area contributed by atoms with Crippen LogP contribution in [0.1, 0.15) is 6.92 Å². The average molecular weight is 297 g/mol. The van der Waals surface area contributed by atoms with Crippen LogP contribution in [-0.4, -0.2) is 14.8 Å². The van der Waals surface area contributed by atoms with Crippen LogP contribution in [0.5, 0.6) is 0 Å². The Morgan fingerprint density at radius 2 is 1.91 bits per heavy atom. The Labute approximate surface area is 127 Å². The van der Waals surface area contributed by atoms with Gasteiger partial charge in [-0.3, -0.25) is 4.68 Å². The van der Waals surface area contributed by atoms with Gasteiger partial charge in [0.15, 0.2) is 0 Å². The predicted molar refractivity (Wildman–Crippen MR) is 85.4 cm³/mol. The van der Waals surface area contributed by atoms with Crippen molar-refractivity contribution >= 4 is 11.5 Å². The monoisotopic (exact) mass is 297 g/mol. The Balaban J connectivity index is 2.10. The van der Waals surface area contributed by atoms with Gasteiger partial charge in [0.25, 0.3) is 0 Å². The molecule has 22 heavy (non-hydrogen) atoms. The molecular weight excluding hydrogens is 281 g/mol. The van der Waals surface area contributed by atoms with Crippen molar-refractivity contribution in [3.8, 4) is 22.3 Å². The molecule has 0 saturated carbocycles. The van der Waals surface area contributed by atoms with E-state index in [0.717, 1.165) is 17.7 Å². The molecule has 5 nitrogen and oxygen atoms in total. The molecule has 0 aliphatic heterocycles. The third-order valence-corrected chi connectivity index (χ3v) is 3.49. The second-order valence-corrected chi connectivity index (χ2v) is 4.98. The number of rotatable bonds is 3. The second-order valence-electron chi connectivity index (χ2n) is 4.98. The van der Waals surface area contributed by atoms with Crippen molar-refractivity contribution in [3.63, 3.8) is 0 Å². The summed E-state index contributed by atoms with van der Waals surface area (Å²) in [5, 5.41) is 4.23. The fraction of sp³-hybridized carbons (Fsp3) is 0.125. The highest BCUT2D eigenvalue weighted by Gasteiger charge is 2.12. The summed E-state index contributed by atoms with van der Waals surface area (Å²) in [6.45, 7) is 2.79. The molecule has 0 radical (unpaired) electrons. The Kier molecular flexibility index (Phi) is 3.50. The van der Waals surface area contributed by atoms with E-state index < -0.39 is 5.82 Å². The van der Waals surface area contributed by atoms with Gasteiger partial charge in [0.1, 0.15) is 11.6 Å². The normalized spacial score (nSPS) is 10.8. The molecule has 112 valence electrons. The molecule has 0 atom stereocenters. The summed E-state index contributed by atoms with van der Waals surface area (Å²) in [5.41, 5.74) is 14.5. The molecule has 4 N–H and O–H groups in total. The van der Waals surface area contributed by atoms with Gasteiger partial charge in [-0.05, 0) is 31.2 Å². The molecule has 3 rings (SSSR count). The SMILES string of the molecule is CCn1cc(-c2cnc(N)c(-c3ccc(N)cc3F)c2)cn1. The predicted octanol–water partition coefficient (Wildman–Crippen LogP) is 2.94. The summed E-state index contributed by atoms with van der Waals surface area (Å²) in [6.07, 6.45) is 5.32. The largest absolute Gasteiger partial charge is 0.399 e. The molecule has 2 heterocycles. The third kappa shape index (κ3) is 2.50. The van der Waals surface area contributed by atoms with Crippen LogP contribution >= 0.6 is 0 Å². The van der Waals surface area contributed by atoms with Crippen LogP contribution in [0.3, 0.4) is 0 Å². The molecule has 0 fully saturated rings. The fourth-order valence-corrected chi connectivity index (χ4v) is 2.28. The molecule has 2 aromatic heterocycles. The zero-order valence-electron chi connectivity index (χ0n) is 12.1. The molecule has 0 aliphatic carbocycles. The van der Waals surface area contributed by atoms with E-state index in [-0.39, 0.29) is 5.82 Å². The Morgan fingerprint density at radius 1 is 1.09 bits per heavy atom. The quantitative estimate of drug-likeness (QED) is 0.728. The number of hydrogen-bond acceptors (Lipinski definition) is 4. The van der Waals surface area contributed by atoms with E-state index in [0.29, 0.717) is 16.8 Å². The molecule has 6 heteroatoms. The van der Waals surface area contributed by atoms with Crippen LogP contribution in [0.25, 0.3) is 22.3 Å². The van der Waals surface area contributed by atoms with E-state index in [1.165, 1.54) is 6.07 Å². The van der Waals surface area contributed by atoms with Crippen LogP contribution in [0.15, 0.2) is 42.9 Å². The molecule has 0 amide bonds. The van der Waals surface area contributed by atoms with Gasteiger partial charge in [-0.1, -0.05) is 0 Å². The summed E-state index contributed by atoms with van der Waals surface area (Å²) >= 11 is 0. The number of halogens is 1. The number of benzene rings is 1. The average Bonchev–Trinajstić information content (AvgIpc) is 2.97. The maximum Gasteiger partial charge on any atom is 0.133 e. The zero-order chi connectivity index (χ0) is 15.7. The topological polar surface area (TPSA) is 82.8 Å². The Morgan fingerprint density at radius 3 is 2.59 bits per heavy atom. The summed E-state index contributed by atoms with van der Waals surface area (Å²) in [6, 6.07) is 6.33. The lowest BCUT2D eigenvalue weighted by atomic mass is 10.0. The standard InChI is InChI=1S/C16H16FN5/c1-2-22-9-11(8-21-22)10-5-14(16(19)20-7-10)13-4-3-12(18)6-15(13)17/h3-9H,2,18H2,1H3,(H2,19,20).